The normalized spacial score (nSPS) is 16.5. The van der Waals surface area contributed by atoms with E-state index in [0.717, 1.165) is 54.1 Å². The summed E-state index contributed by atoms with van der Waals surface area (Å²) in [5, 5.41) is 4.25. The Balaban J connectivity index is 1.69. The zero-order valence-corrected chi connectivity index (χ0v) is 29.7. The second kappa shape index (κ2) is 13.3. The van der Waals surface area contributed by atoms with Crippen LogP contribution in [0.2, 0.25) is 18.1 Å². The molecule has 0 spiro atoms. The summed E-state index contributed by atoms with van der Waals surface area (Å²) >= 11 is 0. The third-order valence-corrected chi connectivity index (χ3v) is 13.5. The zero-order valence-electron chi connectivity index (χ0n) is 28.7. The number of rotatable bonds is 10. The Bertz CT molecular complexity index is 1400. The number of benzene rings is 1. The van der Waals surface area contributed by atoms with Crippen molar-refractivity contribution in [3.05, 3.63) is 48.2 Å². The van der Waals surface area contributed by atoms with Crippen LogP contribution in [0.25, 0.3) is 22.6 Å². The van der Waals surface area contributed by atoms with Gasteiger partial charge in [-0.05, 0) is 76.7 Å². The first kappa shape index (κ1) is 34.1. The maximum atomic E-state index is 6.70. The van der Waals surface area contributed by atoms with Crippen molar-refractivity contribution in [1.82, 2.24) is 15.1 Å². The van der Waals surface area contributed by atoms with E-state index in [2.05, 4.69) is 66.7 Å². The lowest BCUT2D eigenvalue weighted by molar-refractivity contribution is 0.000980. The molecule has 2 aromatic heterocycles. The van der Waals surface area contributed by atoms with E-state index in [1.54, 1.807) is 0 Å². The molecule has 4 rings (SSSR count). The van der Waals surface area contributed by atoms with Crippen molar-refractivity contribution in [3.8, 4) is 34.3 Å². The number of nitrogens with zero attached hydrogens (tertiary/aromatic N) is 3. The van der Waals surface area contributed by atoms with Crippen LogP contribution in [0.5, 0.6) is 11.6 Å². The van der Waals surface area contributed by atoms with Gasteiger partial charge < -0.3 is 23.2 Å². The van der Waals surface area contributed by atoms with Gasteiger partial charge in [0.1, 0.15) is 17.6 Å². The van der Waals surface area contributed by atoms with Gasteiger partial charge in [0.25, 0.3) is 0 Å². The predicted octanol–water partition coefficient (Wildman–Crippen LogP) is 8.55. The Morgan fingerprint density at radius 1 is 1.02 bits per heavy atom. The summed E-state index contributed by atoms with van der Waals surface area (Å²) in [5.41, 5.74) is 3.87. The molecule has 1 radical (unpaired) electrons. The summed E-state index contributed by atoms with van der Waals surface area (Å²) in [7, 11) is -2.06. The van der Waals surface area contributed by atoms with Gasteiger partial charge >= 0.3 is 0 Å². The third kappa shape index (κ3) is 7.90. The molecular formula is C35H52N3O5Si. The maximum absolute atomic E-state index is 6.70. The minimum Gasteiger partial charge on any atom is -0.487 e. The fraction of sp³-hybridized carbons (Fsp3) is 0.600. The first-order chi connectivity index (χ1) is 20.5. The lowest BCUT2D eigenvalue weighted by atomic mass is 9.86. The van der Waals surface area contributed by atoms with E-state index in [0.29, 0.717) is 35.7 Å². The highest BCUT2D eigenvalue weighted by Crippen LogP contribution is 2.40. The average molecular weight is 623 g/mol. The first-order valence-corrected chi connectivity index (χ1v) is 18.7. The van der Waals surface area contributed by atoms with E-state index in [4.69, 9.17) is 33.1 Å². The molecule has 0 amide bonds. The second-order valence-corrected chi connectivity index (χ2v) is 19.5. The number of aromatic nitrogens is 3. The van der Waals surface area contributed by atoms with Gasteiger partial charge in [0.15, 0.2) is 14.1 Å². The van der Waals surface area contributed by atoms with Crippen molar-refractivity contribution in [2.75, 3.05) is 19.8 Å². The summed E-state index contributed by atoms with van der Waals surface area (Å²) in [4.78, 5) is 9.98. The zero-order chi connectivity index (χ0) is 32.4. The monoisotopic (exact) mass is 622 g/mol. The molecule has 0 N–H and O–H groups in total. The Morgan fingerprint density at radius 3 is 2.30 bits per heavy atom. The van der Waals surface area contributed by atoms with Crippen molar-refractivity contribution in [3.63, 3.8) is 0 Å². The average Bonchev–Trinajstić information content (AvgIpc) is 3.27. The topological polar surface area (TPSA) is 88.7 Å². The van der Waals surface area contributed by atoms with Gasteiger partial charge in [0.05, 0.1) is 29.7 Å². The lowest BCUT2D eigenvalue weighted by Crippen LogP contribution is -2.50. The summed E-state index contributed by atoms with van der Waals surface area (Å²) < 4.78 is 30.8. The van der Waals surface area contributed by atoms with E-state index >= 15 is 0 Å². The lowest BCUT2D eigenvalue weighted by Gasteiger charge is -2.43. The molecule has 1 aliphatic heterocycles. The van der Waals surface area contributed by atoms with Crippen LogP contribution in [0.4, 0.5) is 0 Å². The largest absolute Gasteiger partial charge is 0.487 e. The number of hydrogen-bond acceptors (Lipinski definition) is 8. The molecule has 2 atom stereocenters. The highest BCUT2D eigenvalue weighted by atomic mass is 28.4. The molecule has 8 nitrogen and oxygen atoms in total. The summed E-state index contributed by atoms with van der Waals surface area (Å²) in [6.45, 7) is 30.1. The minimum absolute atomic E-state index is 0.0670. The molecule has 3 heterocycles. The van der Waals surface area contributed by atoms with E-state index in [1.165, 1.54) is 0 Å². The molecule has 0 saturated carbocycles. The van der Waals surface area contributed by atoms with E-state index < -0.39 is 8.32 Å². The predicted molar refractivity (Wildman–Crippen MR) is 178 cm³/mol. The summed E-state index contributed by atoms with van der Waals surface area (Å²) in [6, 6.07) is 7.92. The molecule has 1 aromatic carbocycles. The summed E-state index contributed by atoms with van der Waals surface area (Å²) in [5.74, 6) is 2.96. The third-order valence-electron chi connectivity index (χ3n) is 8.97. The Labute approximate surface area is 265 Å². The number of hydrogen-bond donors (Lipinski definition) is 0. The van der Waals surface area contributed by atoms with Crippen molar-refractivity contribution in [2.24, 2.45) is 11.3 Å². The van der Waals surface area contributed by atoms with Crippen molar-refractivity contribution in [2.45, 2.75) is 105 Å². The van der Waals surface area contributed by atoms with Crippen molar-refractivity contribution in [1.29, 1.82) is 0 Å². The van der Waals surface area contributed by atoms with Crippen LogP contribution in [-0.2, 0) is 9.16 Å². The van der Waals surface area contributed by atoms with Gasteiger partial charge in [-0.25, -0.2) is 4.98 Å². The molecule has 0 aliphatic carbocycles. The first-order valence-electron chi connectivity index (χ1n) is 15.8. The maximum Gasteiger partial charge on any atom is 0.220 e. The highest BCUT2D eigenvalue weighted by molar-refractivity contribution is 6.74. The van der Waals surface area contributed by atoms with Gasteiger partial charge in [-0.3, -0.25) is 0 Å². The smallest absolute Gasteiger partial charge is 0.220 e. The second-order valence-electron chi connectivity index (χ2n) is 14.7. The molecule has 241 valence electrons. The van der Waals surface area contributed by atoms with Gasteiger partial charge in [-0.1, -0.05) is 58.8 Å². The van der Waals surface area contributed by atoms with Crippen LogP contribution in [0.15, 0.2) is 28.8 Å². The van der Waals surface area contributed by atoms with Crippen molar-refractivity contribution < 1.29 is 23.2 Å². The fourth-order valence-corrected chi connectivity index (χ4v) is 6.46. The van der Waals surface area contributed by atoms with Crippen LogP contribution < -0.4 is 9.47 Å². The van der Waals surface area contributed by atoms with E-state index in [-0.39, 0.29) is 22.7 Å². The van der Waals surface area contributed by atoms with Gasteiger partial charge in [-0.15, -0.1) is 0 Å². The van der Waals surface area contributed by atoms with Crippen LogP contribution in [0.1, 0.15) is 71.4 Å². The van der Waals surface area contributed by atoms with Crippen molar-refractivity contribution >= 4 is 8.32 Å². The van der Waals surface area contributed by atoms with E-state index in [9.17, 15) is 0 Å². The molecule has 3 aromatic rings. The van der Waals surface area contributed by atoms with Crippen LogP contribution in [0, 0.1) is 39.0 Å². The molecule has 1 fully saturated rings. The molecule has 2 unspecified atom stereocenters. The molecular weight excluding hydrogens is 570 g/mol. The van der Waals surface area contributed by atoms with Crippen LogP contribution >= 0.6 is 0 Å². The molecule has 1 saturated heterocycles. The van der Waals surface area contributed by atoms with Gasteiger partial charge in [0.2, 0.25) is 5.88 Å². The molecule has 9 heteroatoms. The quantitative estimate of drug-likeness (QED) is 0.208. The van der Waals surface area contributed by atoms with Gasteiger partial charge in [-0.2, -0.15) is 4.98 Å². The Morgan fingerprint density at radius 2 is 1.70 bits per heavy atom. The number of ether oxygens (including phenoxy) is 3. The molecule has 44 heavy (non-hydrogen) atoms. The SMILES string of the molecule is [CH2]C(O[Si](C)(C)C(C)(C)C)C(Oc1cccc(-c2nc(OCC3CCOCC3)c(C)c(-c3c(C)noc3C)n2)c1)C(C)(C)C. The molecule has 1 aliphatic rings. The van der Waals surface area contributed by atoms with Gasteiger partial charge in [0, 0.05) is 29.8 Å². The minimum atomic E-state index is -2.06. The standard InChI is InChI=1S/C35H52N3O5Si/c1-22-30(29-23(2)38-42-24(29)3)36-32(37-33(22)40-21-26-16-18-39-19-17-26)27-14-13-15-28(20-27)41-31(34(5,6)7)25(4)43-44(11,12)35(8,9)10/h13-15,20,25-26,31H,4,16-19,21H2,1-3,5-12H3. The Hall–Kier alpha value is -2.75. The fourth-order valence-electron chi connectivity index (χ4n) is 5.22. The van der Waals surface area contributed by atoms with Crippen LogP contribution in [-0.4, -0.2) is 55.5 Å². The Kier molecular flexibility index (Phi) is 10.3. The number of aryl methyl sites for hydroxylation is 2. The van der Waals surface area contributed by atoms with E-state index in [1.807, 2.05) is 45.0 Å². The highest BCUT2D eigenvalue weighted by Gasteiger charge is 2.42. The molecule has 0 bridgehead atoms. The summed E-state index contributed by atoms with van der Waals surface area (Å²) in [6.07, 6.45) is 1.34. The van der Waals surface area contributed by atoms with Crippen LogP contribution in [0.3, 0.4) is 0 Å².